The van der Waals surface area contributed by atoms with Gasteiger partial charge < -0.3 is 31.5 Å². The van der Waals surface area contributed by atoms with Gasteiger partial charge in [-0.05, 0) is 35.4 Å². The van der Waals surface area contributed by atoms with Crippen molar-refractivity contribution in [2.45, 2.75) is 0 Å². The summed E-state index contributed by atoms with van der Waals surface area (Å²) >= 11 is 0. The molecular formula is C38H30N6O8. The highest BCUT2D eigenvalue weighted by Crippen LogP contribution is 2.32. The van der Waals surface area contributed by atoms with Gasteiger partial charge in [0.1, 0.15) is 11.5 Å². The average Bonchev–Trinajstić information content (AvgIpc) is 3.14. The molecule has 0 radical (unpaired) electrons. The molecule has 0 unspecified atom stereocenters. The molecule has 0 atom stereocenters. The van der Waals surface area contributed by atoms with Gasteiger partial charge in [-0.15, -0.1) is 0 Å². The zero-order valence-electron chi connectivity index (χ0n) is 27.1. The second kappa shape index (κ2) is 16.6. The van der Waals surface area contributed by atoms with E-state index in [0.29, 0.717) is 11.4 Å². The molecule has 6 aromatic rings. The molecule has 6 rings (SSSR count). The number of benzene rings is 6. The smallest absolute Gasteiger partial charge is 0.323 e. The average molecular weight is 699 g/mol. The lowest BCUT2D eigenvalue weighted by Gasteiger charge is -2.12. The number of urea groups is 2. The van der Waals surface area contributed by atoms with Gasteiger partial charge in [-0.25, -0.2) is 9.59 Å². The Labute approximate surface area is 296 Å². The fraction of sp³-hybridized carbons (Fsp3) is 0. The first-order valence-corrected chi connectivity index (χ1v) is 15.5. The topological polar surface area (TPSA) is 209 Å². The molecule has 0 aliphatic carbocycles. The minimum atomic E-state index is -0.625. The van der Waals surface area contributed by atoms with Crippen LogP contribution in [0.4, 0.5) is 43.7 Å². The van der Waals surface area contributed by atoms with Crippen LogP contribution >= 0.6 is 0 Å². The molecule has 4 amide bonds. The lowest BCUT2D eigenvalue weighted by Crippen LogP contribution is -2.19. The largest absolute Gasteiger partial charge is 0.506 e. The number of anilines is 4. The van der Waals surface area contributed by atoms with Crippen LogP contribution in [0.1, 0.15) is 0 Å². The summed E-state index contributed by atoms with van der Waals surface area (Å²) in [6.45, 7) is 0. The molecule has 0 fully saturated rings. The highest BCUT2D eigenvalue weighted by molar-refractivity contribution is 6.04. The van der Waals surface area contributed by atoms with E-state index < -0.39 is 21.9 Å². The van der Waals surface area contributed by atoms with Crippen molar-refractivity contribution in [3.05, 3.63) is 166 Å². The number of hydrogen-bond acceptors (Lipinski definition) is 8. The van der Waals surface area contributed by atoms with E-state index in [2.05, 4.69) is 21.3 Å². The van der Waals surface area contributed by atoms with Gasteiger partial charge in [0.25, 0.3) is 11.4 Å². The van der Waals surface area contributed by atoms with Crippen LogP contribution in [0.25, 0.3) is 22.3 Å². The summed E-state index contributed by atoms with van der Waals surface area (Å²) in [6.07, 6.45) is 0. The molecule has 14 heteroatoms. The quantitative estimate of drug-likeness (QED) is 0.0511. The first kappa shape index (κ1) is 35.6. The molecule has 0 aromatic heterocycles. The number of carbonyl (C=O) groups excluding carboxylic acids is 2. The fourth-order valence-corrected chi connectivity index (χ4v) is 4.95. The number of amides is 4. The van der Waals surface area contributed by atoms with Crippen molar-refractivity contribution in [3.8, 4) is 33.8 Å². The fourth-order valence-electron chi connectivity index (χ4n) is 4.95. The van der Waals surface area contributed by atoms with Crippen molar-refractivity contribution in [2.75, 3.05) is 21.3 Å². The molecule has 0 saturated heterocycles. The minimum Gasteiger partial charge on any atom is -0.506 e. The second-order valence-electron chi connectivity index (χ2n) is 10.9. The summed E-state index contributed by atoms with van der Waals surface area (Å²) in [5.41, 5.74) is 4.40. The van der Waals surface area contributed by atoms with Gasteiger partial charge in [0, 0.05) is 23.3 Å². The Bertz CT molecular complexity index is 2070. The Balaban J connectivity index is 0.000000201. The zero-order chi connectivity index (χ0) is 37.0. The maximum absolute atomic E-state index is 12.3. The van der Waals surface area contributed by atoms with Gasteiger partial charge in [-0.3, -0.25) is 20.2 Å². The number of nitrogens with one attached hydrogen (secondary N) is 4. The zero-order valence-corrected chi connectivity index (χ0v) is 27.1. The summed E-state index contributed by atoms with van der Waals surface area (Å²) in [5.74, 6) is -0.767. The van der Waals surface area contributed by atoms with Crippen LogP contribution < -0.4 is 21.3 Å². The van der Waals surface area contributed by atoms with E-state index in [0.717, 1.165) is 34.4 Å². The first-order chi connectivity index (χ1) is 25.1. The van der Waals surface area contributed by atoms with E-state index in [4.69, 9.17) is 0 Å². The molecule has 260 valence electrons. The van der Waals surface area contributed by atoms with Crippen LogP contribution in [0.15, 0.2) is 146 Å². The minimum absolute atomic E-state index is 0.0743. The number of phenols is 2. The molecular weight excluding hydrogens is 668 g/mol. The summed E-state index contributed by atoms with van der Waals surface area (Å²) in [7, 11) is 0. The maximum atomic E-state index is 12.3. The molecule has 0 aliphatic heterocycles. The number of nitro groups is 2. The maximum Gasteiger partial charge on any atom is 0.323 e. The second-order valence-corrected chi connectivity index (χ2v) is 10.9. The SMILES string of the molecule is O=C(Nc1ccc([N+](=O)[O-])cc1O)Nc1ccccc1-c1ccccc1.O=C(Nc1ccc([N+](=O)[O-])cc1O)Nc1ccccc1-c1ccccc1. The molecule has 6 N–H and O–H groups in total. The predicted molar refractivity (Wildman–Crippen MR) is 199 cm³/mol. The van der Waals surface area contributed by atoms with E-state index in [9.17, 15) is 40.0 Å². The summed E-state index contributed by atoms with van der Waals surface area (Å²) in [6, 6.07) is 39.5. The molecule has 0 saturated carbocycles. The number of carbonyl (C=O) groups is 2. The summed E-state index contributed by atoms with van der Waals surface area (Å²) in [4.78, 5) is 44.7. The molecule has 14 nitrogen and oxygen atoms in total. The van der Waals surface area contributed by atoms with Gasteiger partial charge in [0.15, 0.2) is 0 Å². The molecule has 6 aromatic carbocycles. The Morgan fingerprint density at radius 2 is 0.769 bits per heavy atom. The first-order valence-electron chi connectivity index (χ1n) is 15.5. The van der Waals surface area contributed by atoms with Crippen LogP contribution in [0.5, 0.6) is 11.5 Å². The van der Waals surface area contributed by atoms with Crippen molar-refractivity contribution in [2.24, 2.45) is 0 Å². The third-order valence-electron chi connectivity index (χ3n) is 7.40. The number of non-ortho nitro benzene ring substituents is 2. The van der Waals surface area contributed by atoms with Crippen molar-refractivity contribution in [1.82, 2.24) is 0 Å². The summed E-state index contributed by atoms with van der Waals surface area (Å²) < 4.78 is 0. The van der Waals surface area contributed by atoms with E-state index >= 15 is 0 Å². The third kappa shape index (κ3) is 9.24. The van der Waals surface area contributed by atoms with Crippen LogP contribution in [0.3, 0.4) is 0 Å². The van der Waals surface area contributed by atoms with Crippen molar-refractivity contribution < 1.29 is 29.6 Å². The summed E-state index contributed by atoms with van der Waals surface area (Å²) in [5, 5.41) is 51.5. The molecule has 0 bridgehead atoms. The van der Waals surface area contributed by atoms with Crippen molar-refractivity contribution in [3.63, 3.8) is 0 Å². The molecule has 0 spiro atoms. The van der Waals surface area contributed by atoms with Crippen molar-refractivity contribution >= 4 is 46.2 Å². The van der Waals surface area contributed by atoms with Crippen LogP contribution in [0, 0.1) is 20.2 Å². The van der Waals surface area contributed by atoms with Crippen LogP contribution in [0.2, 0.25) is 0 Å². The number of hydrogen-bond donors (Lipinski definition) is 6. The third-order valence-corrected chi connectivity index (χ3v) is 7.40. The number of phenolic OH excluding ortho intramolecular Hbond substituents is 2. The Hall–Kier alpha value is -7.74. The monoisotopic (exact) mass is 698 g/mol. The van der Waals surface area contributed by atoms with Crippen molar-refractivity contribution in [1.29, 1.82) is 0 Å². The Kier molecular flexibility index (Phi) is 11.3. The molecule has 52 heavy (non-hydrogen) atoms. The standard InChI is InChI=1S/2C19H15N3O4/c2*23-18-12-14(22(25)26)10-11-17(18)21-19(24)20-16-9-5-4-8-15(16)13-6-2-1-3-7-13/h2*1-12,23H,(H2,20,21,24). The molecule has 0 heterocycles. The lowest BCUT2D eigenvalue weighted by molar-refractivity contribution is -0.385. The van der Waals surface area contributed by atoms with E-state index in [1.54, 1.807) is 24.3 Å². The normalized spacial score (nSPS) is 10.2. The van der Waals surface area contributed by atoms with Gasteiger partial charge in [0.2, 0.25) is 0 Å². The van der Waals surface area contributed by atoms with Gasteiger partial charge in [-0.2, -0.15) is 0 Å². The Morgan fingerprint density at radius 1 is 0.442 bits per heavy atom. The van der Waals surface area contributed by atoms with E-state index in [1.165, 1.54) is 24.3 Å². The number of nitrogens with zero attached hydrogens (tertiary/aromatic N) is 2. The van der Waals surface area contributed by atoms with E-state index in [-0.39, 0.29) is 34.2 Å². The number of rotatable bonds is 8. The Morgan fingerprint density at radius 3 is 1.12 bits per heavy atom. The lowest BCUT2D eigenvalue weighted by atomic mass is 10.0. The predicted octanol–water partition coefficient (Wildman–Crippen LogP) is 9.22. The van der Waals surface area contributed by atoms with Gasteiger partial charge >= 0.3 is 12.1 Å². The van der Waals surface area contributed by atoms with Crippen LogP contribution in [-0.4, -0.2) is 32.1 Å². The molecule has 0 aliphatic rings. The number of nitro benzene ring substituents is 2. The number of aromatic hydroxyl groups is 2. The number of para-hydroxylation sites is 2. The van der Waals surface area contributed by atoms with Gasteiger partial charge in [-0.1, -0.05) is 97.1 Å². The highest BCUT2D eigenvalue weighted by Gasteiger charge is 2.15. The van der Waals surface area contributed by atoms with E-state index in [1.807, 2.05) is 84.9 Å². The van der Waals surface area contributed by atoms with Crippen LogP contribution in [-0.2, 0) is 0 Å². The van der Waals surface area contributed by atoms with Gasteiger partial charge in [0.05, 0.1) is 44.7 Å². The highest BCUT2D eigenvalue weighted by atomic mass is 16.6.